The first-order valence-electron chi connectivity index (χ1n) is 15.2. The third-order valence-electron chi connectivity index (χ3n) is 8.57. The van der Waals surface area contributed by atoms with E-state index < -0.39 is 18.2 Å². The molecule has 46 heavy (non-hydrogen) atoms. The second kappa shape index (κ2) is 12.9. The molecule has 11 heteroatoms. The lowest BCUT2D eigenvalue weighted by molar-refractivity contribution is -0.189. The van der Waals surface area contributed by atoms with Gasteiger partial charge >= 0.3 is 6.03 Å². The molecule has 2 aliphatic heterocycles. The number of nitrogens with one attached hydrogen (secondary N) is 2. The number of fused-ring (bicyclic) bond motifs is 2. The monoisotopic (exact) mass is 620 g/mol. The molecule has 2 saturated heterocycles. The zero-order chi connectivity index (χ0) is 32.4. The maximum Gasteiger partial charge on any atom is 0.334 e. The number of rotatable bonds is 9. The van der Waals surface area contributed by atoms with Gasteiger partial charge in [-0.15, -0.1) is 6.58 Å². The average molecular weight is 621 g/mol. The number of ketones is 1. The maximum absolute atomic E-state index is 14.3. The predicted molar refractivity (Wildman–Crippen MR) is 172 cm³/mol. The van der Waals surface area contributed by atoms with Gasteiger partial charge in [0.1, 0.15) is 18.0 Å². The van der Waals surface area contributed by atoms with Crippen molar-refractivity contribution in [1.29, 1.82) is 0 Å². The number of carbonyl (C=O) groups excluding carboxylic acids is 4. The molecule has 2 unspecified atom stereocenters. The Kier molecular flexibility index (Phi) is 8.58. The fourth-order valence-corrected chi connectivity index (χ4v) is 6.40. The summed E-state index contributed by atoms with van der Waals surface area (Å²) in [7, 11) is 0. The number of carbonyl (C=O) groups is 4. The number of aromatic amines is 1. The van der Waals surface area contributed by atoms with E-state index in [1.807, 2.05) is 48.5 Å². The van der Waals surface area contributed by atoms with Crippen molar-refractivity contribution in [2.45, 2.75) is 38.6 Å². The number of aromatic hydroxyl groups is 1. The number of hydrogen-bond donors (Lipinski definition) is 3. The molecule has 0 bridgehead atoms. The summed E-state index contributed by atoms with van der Waals surface area (Å²) >= 11 is 0. The van der Waals surface area contributed by atoms with E-state index in [1.54, 1.807) is 51.5 Å². The van der Waals surface area contributed by atoms with Gasteiger partial charge in [-0.1, -0.05) is 66.7 Å². The lowest BCUT2D eigenvalue weighted by Gasteiger charge is -2.55. The molecule has 0 saturated carbocycles. The van der Waals surface area contributed by atoms with Gasteiger partial charge in [0.25, 0.3) is 0 Å². The van der Waals surface area contributed by atoms with E-state index in [1.165, 1.54) is 11.8 Å². The first-order valence-corrected chi connectivity index (χ1v) is 15.2. The first-order chi connectivity index (χ1) is 22.2. The van der Waals surface area contributed by atoms with Crippen LogP contribution in [0.5, 0.6) is 5.75 Å². The van der Waals surface area contributed by atoms with Crippen molar-refractivity contribution >= 4 is 34.5 Å². The van der Waals surface area contributed by atoms with Crippen LogP contribution >= 0.6 is 0 Å². The highest BCUT2D eigenvalue weighted by Crippen LogP contribution is 2.31. The normalized spacial score (nSPS) is 18.5. The van der Waals surface area contributed by atoms with E-state index in [9.17, 15) is 24.3 Å². The molecular formula is C35H36N6O5. The lowest BCUT2D eigenvalue weighted by Crippen LogP contribution is -2.76. The number of piperazine rings is 1. The molecule has 2 fully saturated rings. The van der Waals surface area contributed by atoms with Gasteiger partial charge in [0, 0.05) is 43.2 Å². The van der Waals surface area contributed by atoms with E-state index in [0.717, 1.165) is 27.6 Å². The van der Waals surface area contributed by atoms with Crippen LogP contribution in [0, 0.1) is 0 Å². The van der Waals surface area contributed by atoms with Gasteiger partial charge < -0.3 is 25.2 Å². The van der Waals surface area contributed by atoms with Crippen LogP contribution in [0.25, 0.3) is 10.9 Å². The second-order valence-electron chi connectivity index (χ2n) is 11.6. The summed E-state index contributed by atoms with van der Waals surface area (Å²) in [5.74, 6) is -0.497. The Morgan fingerprint density at radius 3 is 2.50 bits per heavy atom. The van der Waals surface area contributed by atoms with Crippen LogP contribution in [0.3, 0.4) is 0 Å². The van der Waals surface area contributed by atoms with Crippen LogP contribution in [0.1, 0.15) is 34.0 Å². The molecule has 236 valence electrons. The number of H-pyrrole nitrogens is 1. The van der Waals surface area contributed by atoms with Gasteiger partial charge in [-0.3, -0.25) is 14.4 Å². The number of Topliss-reactive ketones (excluding diaryl/α,β-unsaturated/α-hetero) is 1. The van der Waals surface area contributed by atoms with E-state index in [0.29, 0.717) is 5.56 Å². The smallest absolute Gasteiger partial charge is 0.334 e. The van der Waals surface area contributed by atoms with E-state index in [-0.39, 0.29) is 62.5 Å². The highest BCUT2D eigenvalue weighted by Gasteiger charge is 2.51. The third-order valence-corrected chi connectivity index (χ3v) is 8.57. The van der Waals surface area contributed by atoms with Crippen LogP contribution in [0.15, 0.2) is 91.6 Å². The largest absolute Gasteiger partial charge is 0.508 e. The maximum atomic E-state index is 14.3. The van der Waals surface area contributed by atoms with Crippen molar-refractivity contribution in [2.75, 3.05) is 19.6 Å². The van der Waals surface area contributed by atoms with E-state index in [2.05, 4.69) is 16.9 Å². The average Bonchev–Trinajstić information content (AvgIpc) is 3.49. The number of phenols is 1. The molecule has 3 N–H and O–H groups in total. The molecule has 0 radical (unpaired) electrons. The molecule has 0 aliphatic carbocycles. The summed E-state index contributed by atoms with van der Waals surface area (Å²) in [5.41, 5.74) is 3.81. The zero-order valence-corrected chi connectivity index (χ0v) is 25.6. The van der Waals surface area contributed by atoms with Crippen molar-refractivity contribution in [3.8, 4) is 5.75 Å². The molecule has 3 heterocycles. The third kappa shape index (κ3) is 5.96. The summed E-state index contributed by atoms with van der Waals surface area (Å²) in [4.78, 5) is 60.7. The van der Waals surface area contributed by atoms with Gasteiger partial charge in [0.2, 0.25) is 11.8 Å². The highest BCUT2D eigenvalue weighted by atomic mass is 16.3. The summed E-state index contributed by atoms with van der Waals surface area (Å²) in [6.45, 7) is 6.05. The van der Waals surface area contributed by atoms with Crippen molar-refractivity contribution in [3.63, 3.8) is 0 Å². The molecule has 11 nitrogen and oxygen atoms in total. The number of para-hydroxylation sites is 1. The minimum atomic E-state index is -0.901. The number of amides is 4. The molecule has 0 spiro atoms. The Hall–Kier alpha value is -5.42. The van der Waals surface area contributed by atoms with Crippen LogP contribution < -0.4 is 5.32 Å². The molecule has 4 aromatic rings. The molecule has 4 amide bonds. The summed E-state index contributed by atoms with van der Waals surface area (Å²) in [6.07, 6.45) is 2.71. The lowest BCUT2D eigenvalue weighted by atomic mass is 9.98. The van der Waals surface area contributed by atoms with Crippen molar-refractivity contribution in [1.82, 2.24) is 30.1 Å². The Morgan fingerprint density at radius 1 is 1.02 bits per heavy atom. The van der Waals surface area contributed by atoms with Gasteiger partial charge in [0.15, 0.2) is 5.78 Å². The zero-order valence-electron chi connectivity index (χ0n) is 25.6. The van der Waals surface area contributed by atoms with Crippen LogP contribution in [-0.4, -0.2) is 85.4 Å². The molecule has 2 aliphatic rings. The van der Waals surface area contributed by atoms with Crippen LogP contribution in [0.4, 0.5) is 4.79 Å². The number of aromatic nitrogens is 1. The molecule has 2 atom stereocenters. The SMILES string of the molecule is C=CCN1CC(=O)N2C(Cc3ccc(O)cc3)C(=O)N(Cc3cccc4c(C(C)=O)c[nH]c34)CC2N1C(=O)NCc1ccccc1. The van der Waals surface area contributed by atoms with Gasteiger partial charge in [-0.05, 0) is 35.7 Å². The summed E-state index contributed by atoms with van der Waals surface area (Å²) < 4.78 is 0. The van der Waals surface area contributed by atoms with E-state index >= 15 is 0 Å². The topological polar surface area (TPSA) is 129 Å². The van der Waals surface area contributed by atoms with Crippen molar-refractivity contribution in [2.24, 2.45) is 0 Å². The Bertz CT molecular complexity index is 1790. The highest BCUT2D eigenvalue weighted by molar-refractivity contribution is 6.07. The van der Waals surface area contributed by atoms with Gasteiger partial charge in [-0.25, -0.2) is 14.8 Å². The summed E-state index contributed by atoms with van der Waals surface area (Å²) in [6, 6.07) is 20.4. The number of benzene rings is 3. The van der Waals surface area contributed by atoms with Gasteiger partial charge in [-0.2, -0.15) is 0 Å². The number of phenolic OH excluding ortho intramolecular Hbond substituents is 1. The quantitative estimate of drug-likeness (QED) is 0.193. The Balaban J connectivity index is 1.37. The number of hydrogen-bond acceptors (Lipinski definition) is 6. The fraction of sp³-hybridized carbons (Fsp3) is 0.257. The second-order valence-corrected chi connectivity index (χ2v) is 11.6. The minimum absolute atomic E-state index is 0.0674. The van der Waals surface area contributed by atoms with Crippen molar-refractivity contribution < 1.29 is 24.3 Å². The number of nitrogens with zero attached hydrogens (tertiary/aromatic N) is 4. The van der Waals surface area contributed by atoms with Crippen molar-refractivity contribution in [3.05, 3.63) is 114 Å². The molecule has 6 rings (SSSR count). The summed E-state index contributed by atoms with van der Waals surface area (Å²) in [5, 5.41) is 16.8. The Labute approximate surface area is 266 Å². The molecular weight excluding hydrogens is 584 g/mol. The standard InChI is InChI=1S/C35H36N6O5/c1-3-16-39-22-32(44)40-30(17-24-12-14-27(43)15-13-24)34(45)38(20-26-10-7-11-28-29(23(2)42)19-36-33(26)28)21-31(40)41(39)35(46)37-18-25-8-5-4-6-9-25/h3-15,19,30-31,36,43H,1,16-18,20-22H2,2H3,(H,37,46). The van der Waals surface area contributed by atoms with E-state index in [4.69, 9.17) is 0 Å². The predicted octanol–water partition coefficient (Wildman–Crippen LogP) is 3.81. The fourth-order valence-electron chi connectivity index (χ4n) is 6.40. The van der Waals surface area contributed by atoms with Gasteiger partial charge in [0.05, 0.1) is 18.6 Å². The molecule has 1 aromatic heterocycles. The first kappa shape index (κ1) is 30.6. The minimum Gasteiger partial charge on any atom is -0.508 e. The molecule has 3 aromatic carbocycles. The number of hydrazine groups is 1. The van der Waals surface area contributed by atoms with Crippen LogP contribution in [-0.2, 0) is 29.1 Å². The number of urea groups is 1. The Morgan fingerprint density at radius 2 is 1.78 bits per heavy atom. The van der Waals surface area contributed by atoms with Crippen LogP contribution in [0.2, 0.25) is 0 Å².